The van der Waals surface area contributed by atoms with Gasteiger partial charge in [0.15, 0.2) is 11.6 Å². The second-order valence-corrected chi connectivity index (χ2v) is 7.08. The maximum Gasteiger partial charge on any atom is 0.217 e. The van der Waals surface area contributed by atoms with Crippen molar-refractivity contribution >= 4 is 5.91 Å². The van der Waals surface area contributed by atoms with Gasteiger partial charge in [-0.05, 0) is 34.1 Å². The maximum absolute atomic E-state index is 11.0. The lowest BCUT2D eigenvalue weighted by atomic mass is 10.0. The third-order valence-electron chi connectivity index (χ3n) is 4.26. The normalized spacial score (nSPS) is 42.5. The molecule has 1 amide bonds. The largest absolute Gasteiger partial charge is 0.370 e. The first kappa shape index (κ1) is 16.1. The van der Waals surface area contributed by atoms with Gasteiger partial charge in [-0.15, -0.1) is 0 Å². The number of hydrogen-bond acceptors (Lipinski definition) is 6. The van der Waals surface area contributed by atoms with Crippen molar-refractivity contribution in [2.75, 3.05) is 6.61 Å². The molecule has 3 heterocycles. The molecule has 7 nitrogen and oxygen atoms in total. The van der Waals surface area contributed by atoms with Gasteiger partial charge in [0.2, 0.25) is 5.91 Å². The van der Waals surface area contributed by atoms with E-state index in [1.165, 1.54) is 0 Å². The molecule has 3 aliphatic rings. The molecule has 7 heteroatoms. The Kier molecular flexibility index (Phi) is 3.98. The van der Waals surface area contributed by atoms with E-state index in [9.17, 15) is 4.79 Å². The van der Waals surface area contributed by atoms with Crippen molar-refractivity contribution in [1.82, 2.24) is 0 Å². The summed E-state index contributed by atoms with van der Waals surface area (Å²) < 4.78 is 29.6. The van der Waals surface area contributed by atoms with E-state index >= 15 is 0 Å². The Hall–Kier alpha value is -0.730. The summed E-state index contributed by atoms with van der Waals surface area (Å²) in [5.74, 6) is -1.63. The van der Waals surface area contributed by atoms with Crippen LogP contribution in [-0.2, 0) is 28.5 Å². The Morgan fingerprint density at radius 1 is 1.05 bits per heavy atom. The average molecular weight is 315 g/mol. The summed E-state index contributed by atoms with van der Waals surface area (Å²) in [6.07, 6.45) is -0.370. The van der Waals surface area contributed by atoms with E-state index in [0.717, 1.165) is 0 Å². The predicted molar refractivity (Wildman–Crippen MR) is 75.8 cm³/mol. The van der Waals surface area contributed by atoms with Crippen molar-refractivity contribution in [1.29, 1.82) is 0 Å². The second-order valence-electron chi connectivity index (χ2n) is 7.08. The van der Waals surface area contributed by atoms with Crippen molar-refractivity contribution in [3.63, 3.8) is 0 Å². The molecule has 0 aliphatic carbocycles. The zero-order chi connectivity index (χ0) is 16.1. The Morgan fingerprint density at radius 2 is 1.73 bits per heavy atom. The summed E-state index contributed by atoms with van der Waals surface area (Å²) in [7, 11) is 0. The molecule has 0 aromatic carbocycles. The predicted octanol–water partition coefficient (Wildman–Crippen LogP) is 0.691. The topological polar surface area (TPSA) is 89.2 Å². The molecule has 3 aliphatic heterocycles. The zero-order valence-corrected chi connectivity index (χ0v) is 13.5. The van der Waals surface area contributed by atoms with Gasteiger partial charge in [-0.2, -0.15) is 0 Å². The third-order valence-corrected chi connectivity index (χ3v) is 4.26. The fraction of sp³-hybridized carbons (Fsp3) is 0.933. The summed E-state index contributed by atoms with van der Waals surface area (Å²) in [6.45, 7) is 7.96. The Bertz CT molecular complexity index is 451. The maximum atomic E-state index is 11.0. The lowest BCUT2D eigenvalue weighted by molar-refractivity contribution is -0.206. The number of fused-ring (bicyclic) bond motifs is 1. The van der Waals surface area contributed by atoms with Crippen LogP contribution in [0.15, 0.2) is 0 Å². The smallest absolute Gasteiger partial charge is 0.217 e. The minimum Gasteiger partial charge on any atom is -0.370 e. The number of hydrogen-bond donors (Lipinski definition) is 1. The molecule has 0 radical (unpaired) electrons. The van der Waals surface area contributed by atoms with Crippen molar-refractivity contribution in [2.45, 2.75) is 82.6 Å². The fourth-order valence-corrected chi connectivity index (χ4v) is 3.41. The molecule has 3 rings (SSSR count). The summed E-state index contributed by atoms with van der Waals surface area (Å²) in [6, 6.07) is 0. The van der Waals surface area contributed by atoms with Crippen molar-refractivity contribution < 1.29 is 28.5 Å². The Morgan fingerprint density at radius 3 is 2.32 bits per heavy atom. The van der Waals surface area contributed by atoms with Crippen LogP contribution in [0.25, 0.3) is 0 Å². The molecule has 5 atom stereocenters. The molecular weight excluding hydrogens is 290 g/mol. The number of rotatable bonds is 4. The van der Waals surface area contributed by atoms with Crippen LogP contribution in [0.1, 0.15) is 40.5 Å². The van der Waals surface area contributed by atoms with Gasteiger partial charge >= 0.3 is 0 Å². The highest BCUT2D eigenvalue weighted by molar-refractivity contribution is 5.73. The van der Waals surface area contributed by atoms with Crippen LogP contribution in [0.2, 0.25) is 0 Å². The monoisotopic (exact) mass is 315 g/mol. The quantitative estimate of drug-likeness (QED) is 0.821. The number of nitrogens with two attached hydrogens (primary N) is 1. The first-order valence-corrected chi connectivity index (χ1v) is 7.78. The third kappa shape index (κ3) is 3.14. The lowest BCUT2D eigenvalue weighted by Crippen LogP contribution is -2.40. The molecule has 0 saturated carbocycles. The second kappa shape index (κ2) is 5.42. The first-order valence-electron chi connectivity index (χ1n) is 7.78. The van der Waals surface area contributed by atoms with Gasteiger partial charge in [-0.1, -0.05) is 0 Å². The van der Waals surface area contributed by atoms with Crippen LogP contribution >= 0.6 is 0 Å². The molecule has 3 fully saturated rings. The summed E-state index contributed by atoms with van der Waals surface area (Å²) in [5, 5.41) is 0. The van der Waals surface area contributed by atoms with Gasteiger partial charge in [-0.3, -0.25) is 4.79 Å². The molecule has 0 spiro atoms. The minimum absolute atomic E-state index is 0.210. The van der Waals surface area contributed by atoms with Gasteiger partial charge in [0, 0.05) is 6.42 Å². The van der Waals surface area contributed by atoms with Gasteiger partial charge < -0.3 is 29.4 Å². The van der Waals surface area contributed by atoms with Crippen LogP contribution in [0.3, 0.4) is 0 Å². The zero-order valence-electron chi connectivity index (χ0n) is 13.5. The van der Waals surface area contributed by atoms with E-state index < -0.39 is 11.6 Å². The lowest BCUT2D eigenvalue weighted by Gasteiger charge is -2.27. The van der Waals surface area contributed by atoms with Crippen LogP contribution < -0.4 is 5.73 Å². The van der Waals surface area contributed by atoms with Crippen LogP contribution in [0.5, 0.6) is 0 Å². The summed E-state index contributed by atoms with van der Waals surface area (Å²) >= 11 is 0. The number of carbonyl (C=O) groups is 1. The molecule has 0 aromatic heterocycles. The number of ether oxygens (including phenoxy) is 5. The van der Waals surface area contributed by atoms with E-state index in [1.807, 2.05) is 27.7 Å². The minimum atomic E-state index is -0.669. The Labute approximate surface area is 130 Å². The van der Waals surface area contributed by atoms with Crippen molar-refractivity contribution in [3.8, 4) is 0 Å². The van der Waals surface area contributed by atoms with Gasteiger partial charge in [-0.25, -0.2) is 0 Å². The number of amides is 1. The SMILES string of the molecule is CC1(C)O[C@@H]2[C@H](O1)[C@@H](CCC(N)=O)O[C@@H]2[C@H]1COC(C)(C)O1. The van der Waals surface area contributed by atoms with Gasteiger partial charge in [0.05, 0.1) is 12.7 Å². The van der Waals surface area contributed by atoms with E-state index in [1.54, 1.807) is 0 Å². The highest BCUT2D eigenvalue weighted by Crippen LogP contribution is 2.43. The first-order chi connectivity index (χ1) is 10.2. The summed E-state index contributed by atoms with van der Waals surface area (Å²) in [5.41, 5.74) is 5.24. The van der Waals surface area contributed by atoms with Crippen molar-refractivity contribution in [3.05, 3.63) is 0 Å². The average Bonchev–Trinajstić information content (AvgIpc) is 2.97. The van der Waals surface area contributed by atoms with Gasteiger partial charge in [0.25, 0.3) is 0 Å². The molecule has 0 unspecified atom stereocenters. The molecule has 0 bridgehead atoms. The molecule has 22 heavy (non-hydrogen) atoms. The number of primary amides is 1. The van der Waals surface area contributed by atoms with Crippen LogP contribution in [0, 0.1) is 0 Å². The van der Waals surface area contributed by atoms with Crippen LogP contribution in [-0.4, -0.2) is 54.6 Å². The van der Waals surface area contributed by atoms with Crippen molar-refractivity contribution in [2.24, 2.45) is 5.73 Å². The molecule has 2 N–H and O–H groups in total. The van der Waals surface area contributed by atoms with E-state index in [-0.39, 0.29) is 42.8 Å². The molecular formula is C15H25NO6. The highest BCUT2D eigenvalue weighted by atomic mass is 16.8. The summed E-state index contributed by atoms with van der Waals surface area (Å²) in [4.78, 5) is 11.0. The molecule has 3 saturated heterocycles. The molecule has 126 valence electrons. The number of carbonyl (C=O) groups excluding carboxylic acids is 1. The van der Waals surface area contributed by atoms with E-state index in [2.05, 4.69) is 0 Å². The Balaban J connectivity index is 1.73. The fourth-order valence-electron chi connectivity index (χ4n) is 3.41. The van der Waals surface area contributed by atoms with E-state index in [0.29, 0.717) is 13.0 Å². The standard InChI is InChI=1S/C15H25NO6/c1-14(2)18-7-9(20-14)11-13-12(21-15(3,4)22-13)8(19-11)5-6-10(16)17/h8-9,11-13H,5-7H2,1-4H3,(H2,16,17)/t8-,9-,11-,12-,13+/m1/s1. The van der Waals surface area contributed by atoms with E-state index in [4.69, 9.17) is 29.4 Å². The van der Waals surface area contributed by atoms with Gasteiger partial charge in [0.1, 0.15) is 24.4 Å². The highest BCUT2D eigenvalue weighted by Gasteiger charge is 2.58. The molecule has 0 aromatic rings. The van der Waals surface area contributed by atoms with Crippen LogP contribution in [0.4, 0.5) is 0 Å².